The van der Waals surface area contributed by atoms with E-state index in [1.165, 1.54) is 16.9 Å². The Bertz CT molecular complexity index is 179. The summed E-state index contributed by atoms with van der Waals surface area (Å²) >= 11 is 1.25. The van der Waals surface area contributed by atoms with Crippen molar-refractivity contribution in [1.29, 1.82) is 0 Å². The molecule has 2 nitrogen and oxygen atoms in total. The van der Waals surface area contributed by atoms with E-state index >= 15 is 0 Å². The first-order chi connectivity index (χ1) is 5.00. The molecule has 0 saturated heterocycles. The van der Waals surface area contributed by atoms with Crippen LogP contribution in [0, 0.1) is 12.3 Å². The van der Waals surface area contributed by atoms with Crippen molar-refractivity contribution < 1.29 is 9.90 Å². The van der Waals surface area contributed by atoms with Crippen LogP contribution in [0.5, 0.6) is 0 Å². The van der Waals surface area contributed by atoms with Crippen molar-refractivity contribution in [1.82, 2.24) is 0 Å². The second-order valence-electron chi connectivity index (χ2n) is 2.78. The van der Waals surface area contributed by atoms with Crippen LogP contribution in [-0.2, 0) is 4.79 Å². The predicted octanol–water partition coefficient (Wildman–Crippen LogP) is 0.686. The summed E-state index contributed by atoms with van der Waals surface area (Å²) in [4.78, 5) is 10.6. The van der Waals surface area contributed by atoms with E-state index in [-0.39, 0.29) is 0 Å². The van der Waals surface area contributed by atoms with Crippen LogP contribution in [-0.4, -0.2) is 27.9 Å². The molecule has 0 heterocycles. The Morgan fingerprint density at radius 2 is 2.36 bits per heavy atom. The third-order valence-electron chi connectivity index (χ3n) is 1.51. The van der Waals surface area contributed by atoms with E-state index in [0.29, 0.717) is 12.8 Å². The molecule has 1 N–H and O–H groups in total. The Morgan fingerprint density at radius 1 is 1.82 bits per heavy atom. The number of unbranched alkanes of at least 4 members (excludes halogenated alkanes) is 1. The number of carboxylic acids is 1. The molecule has 0 fully saturated rings. The molecule has 0 aromatic carbocycles. The fourth-order valence-corrected chi connectivity index (χ4v) is 1.09. The third kappa shape index (κ3) is 4.11. The van der Waals surface area contributed by atoms with Gasteiger partial charge in [-0.25, -0.2) is 0 Å². The average Bonchev–Trinajstić information content (AvgIpc) is 1.88. The van der Waals surface area contributed by atoms with Crippen molar-refractivity contribution in [2.75, 3.05) is 0 Å². The van der Waals surface area contributed by atoms with Crippen molar-refractivity contribution >= 4 is 22.8 Å². The summed E-state index contributed by atoms with van der Waals surface area (Å²) in [6.45, 7) is 1.74. The SMILES string of the molecule is C#CCCC[C@@](C)([AsH2])C(=O)O. The molecule has 0 bridgehead atoms. The molecule has 0 rings (SSSR count). The van der Waals surface area contributed by atoms with E-state index in [0.717, 1.165) is 6.42 Å². The first kappa shape index (κ1) is 10.6. The fourth-order valence-electron chi connectivity index (χ4n) is 0.665. The van der Waals surface area contributed by atoms with E-state index in [9.17, 15) is 4.79 Å². The minimum absolute atomic E-state index is 0.566. The van der Waals surface area contributed by atoms with Gasteiger partial charge in [-0.15, -0.1) is 0 Å². The van der Waals surface area contributed by atoms with Crippen LogP contribution in [0.4, 0.5) is 0 Å². The Hall–Kier alpha value is -0.412. The fraction of sp³-hybridized carbons (Fsp3) is 0.625. The molecule has 0 spiro atoms. The standard InChI is InChI=1S/C8H13AsO2/c1-3-4-5-6-8(2,9)7(10)11/h1H,4-6,9H2,2H3,(H,10,11)/t8-/m1/s1. The quantitative estimate of drug-likeness (QED) is 0.426. The van der Waals surface area contributed by atoms with E-state index in [1.807, 2.05) is 0 Å². The molecule has 0 saturated carbocycles. The van der Waals surface area contributed by atoms with E-state index in [1.54, 1.807) is 6.92 Å². The van der Waals surface area contributed by atoms with E-state index in [2.05, 4.69) is 5.92 Å². The summed E-state index contributed by atoms with van der Waals surface area (Å²) in [5.41, 5.74) is 0. The van der Waals surface area contributed by atoms with E-state index < -0.39 is 10.2 Å². The maximum atomic E-state index is 10.6. The molecule has 0 amide bonds. The molecule has 2 atom stereocenters. The Labute approximate surface area is 75.9 Å². The van der Waals surface area contributed by atoms with Gasteiger partial charge in [0.1, 0.15) is 0 Å². The molecule has 0 aromatic heterocycles. The second kappa shape index (κ2) is 4.46. The van der Waals surface area contributed by atoms with Crippen LogP contribution >= 0.6 is 0 Å². The van der Waals surface area contributed by atoms with Crippen LogP contribution in [0.15, 0.2) is 0 Å². The zero-order valence-electron chi connectivity index (χ0n) is 6.63. The molecule has 0 aromatic rings. The Morgan fingerprint density at radius 3 is 2.73 bits per heavy atom. The number of carboxylic acid groups (broad SMARTS) is 1. The molecule has 11 heavy (non-hydrogen) atoms. The van der Waals surface area contributed by atoms with Gasteiger partial charge < -0.3 is 0 Å². The number of hydrogen-bond acceptors (Lipinski definition) is 1. The van der Waals surface area contributed by atoms with Gasteiger partial charge in [-0.2, -0.15) is 0 Å². The van der Waals surface area contributed by atoms with Crippen LogP contribution < -0.4 is 0 Å². The zero-order valence-corrected chi connectivity index (χ0v) is 9.05. The van der Waals surface area contributed by atoms with Gasteiger partial charge in [0.05, 0.1) is 0 Å². The van der Waals surface area contributed by atoms with Gasteiger partial charge >= 0.3 is 75.5 Å². The van der Waals surface area contributed by atoms with Crippen LogP contribution in [0.1, 0.15) is 26.2 Å². The van der Waals surface area contributed by atoms with Crippen molar-refractivity contribution in [3.63, 3.8) is 0 Å². The number of terminal acetylenes is 1. The van der Waals surface area contributed by atoms with Gasteiger partial charge in [-0.1, -0.05) is 0 Å². The van der Waals surface area contributed by atoms with Gasteiger partial charge in [0, 0.05) is 0 Å². The molecule has 62 valence electrons. The van der Waals surface area contributed by atoms with Gasteiger partial charge in [-0.3, -0.25) is 0 Å². The monoisotopic (exact) mass is 216 g/mol. The summed E-state index contributed by atoms with van der Waals surface area (Å²) in [7, 11) is 0. The minimum atomic E-state index is -0.727. The molecular formula is C8H13AsO2. The summed E-state index contributed by atoms with van der Waals surface area (Å²) in [6, 6.07) is 0. The normalized spacial score (nSPS) is 15.0. The molecule has 1 unspecified atom stereocenters. The van der Waals surface area contributed by atoms with Crippen LogP contribution in [0.3, 0.4) is 0 Å². The topological polar surface area (TPSA) is 37.3 Å². The van der Waals surface area contributed by atoms with Crippen molar-refractivity contribution in [2.45, 2.75) is 30.4 Å². The van der Waals surface area contributed by atoms with Crippen molar-refractivity contribution in [3.8, 4) is 12.3 Å². The first-order valence-corrected chi connectivity index (χ1v) is 4.67. The summed E-state index contributed by atoms with van der Waals surface area (Å²) in [5, 5.41) is 8.70. The van der Waals surface area contributed by atoms with Crippen LogP contribution in [0.2, 0.25) is 4.20 Å². The number of carbonyl (C=O) groups is 1. The molecule has 0 aliphatic carbocycles. The Balaban J connectivity index is 3.75. The average molecular weight is 216 g/mol. The Kier molecular flexibility index (Phi) is 4.30. The summed E-state index contributed by atoms with van der Waals surface area (Å²) in [5.74, 6) is 1.77. The molecule has 0 aliphatic heterocycles. The summed E-state index contributed by atoms with van der Waals surface area (Å²) < 4.78 is -0.566. The van der Waals surface area contributed by atoms with Gasteiger partial charge in [-0.05, 0) is 0 Å². The van der Waals surface area contributed by atoms with Gasteiger partial charge in [0.2, 0.25) is 0 Å². The number of hydrogen-bond donors (Lipinski definition) is 1. The third-order valence-corrected chi connectivity index (χ3v) is 2.63. The number of rotatable bonds is 4. The van der Waals surface area contributed by atoms with Gasteiger partial charge in [0.15, 0.2) is 0 Å². The predicted molar refractivity (Wildman–Crippen MR) is 47.2 cm³/mol. The first-order valence-electron chi connectivity index (χ1n) is 3.46. The van der Waals surface area contributed by atoms with Crippen LogP contribution in [0.25, 0.3) is 0 Å². The molecule has 0 radical (unpaired) electrons. The molecule has 3 heteroatoms. The van der Waals surface area contributed by atoms with Crippen molar-refractivity contribution in [2.24, 2.45) is 0 Å². The molecular weight excluding hydrogens is 203 g/mol. The zero-order chi connectivity index (χ0) is 8.91. The molecule has 0 aliphatic rings. The van der Waals surface area contributed by atoms with Crippen molar-refractivity contribution in [3.05, 3.63) is 0 Å². The number of aliphatic carboxylic acids is 1. The van der Waals surface area contributed by atoms with E-state index in [4.69, 9.17) is 11.5 Å². The second-order valence-corrected chi connectivity index (χ2v) is 5.45. The van der Waals surface area contributed by atoms with Gasteiger partial charge in [0.25, 0.3) is 0 Å². The maximum absolute atomic E-state index is 10.6. The summed E-state index contributed by atoms with van der Waals surface area (Å²) in [6.07, 6.45) is 7.19.